The van der Waals surface area contributed by atoms with Crippen molar-refractivity contribution in [2.45, 2.75) is 37.1 Å². The summed E-state index contributed by atoms with van der Waals surface area (Å²) < 4.78 is 0. The molecule has 2 rings (SSSR count). The van der Waals surface area contributed by atoms with Crippen LogP contribution in [0.3, 0.4) is 0 Å². The van der Waals surface area contributed by atoms with Gasteiger partial charge in [0.25, 0.3) is 0 Å². The van der Waals surface area contributed by atoms with Crippen molar-refractivity contribution in [3.63, 3.8) is 0 Å². The van der Waals surface area contributed by atoms with Crippen LogP contribution in [0, 0.1) is 13.8 Å². The number of aromatic nitrogens is 3. The summed E-state index contributed by atoms with van der Waals surface area (Å²) >= 11 is 1.40. The zero-order chi connectivity index (χ0) is 13.1. The molecule has 5 heteroatoms. The molecule has 0 saturated heterocycles. The van der Waals surface area contributed by atoms with Crippen LogP contribution in [0.15, 0.2) is 34.6 Å². The number of aryl methyl sites for hydroxylation is 2. The molecule has 2 aromatic heterocycles. The third kappa shape index (κ3) is 3.27. The Morgan fingerprint density at radius 2 is 1.83 bits per heavy atom. The molecule has 0 saturated carbocycles. The standard InChI is InChI=1S/C13H15N3OS/c1-8-6-9(2)16-13(15-8)18-12-7-11(10(3)17)4-5-14-12/h4-7,10,17H,1-3H3/t10-/m0/s1. The van der Waals surface area contributed by atoms with Crippen molar-refractivity contribution in [3.8, 4) is 0 Å². The highest BCUT2D eigenvalue weighted by Gasteiger charge is 2.06. The molecule has 0 spiro atoms. The van der Waals surface area contributed by atoms with Crippen LogP contribution in [0.25, 0.3) is 0 Å². The molecular formula is C13H15N3OS. The second kappa shape index (κ2) is 5.46. The van der Waals surface area contributed by atoms with Crippen LogP contribution in [-0.4, -0.2) is 20.1 Å². The van der Waals surface area contributed by atoms with Gasteiger partial charge in [-0.2, -0.15) is 0 Å². The second-order valence-electron chi connectivity index (χ2n) is 4.14. The fraction of sp³-hybridized carbons (Fsp3) is 0.308. The van der Waals surface area contributed by atoms with E-state index in [1.165, 1.54) is 11.8 Å². The van der Waals surface area contributed by atoms with E-state index in [9.17, 15) is 5.11 Å². The van der Waals surface area contributed by atoms with Gasteiger partial charge in [-0.05, 0) is 56.3 Å². The maximum Gasteiger partial charge on any atom is 0.194 e. The number of hydrogen-bond donors (Lipinski definition) is 1. The summed E-state index contributed by atoms with van der Waals surface area (Å²) in [7, 11) is 0. The first-order valence-electron chi connectivity index (χ1n) is 5.69. The van der Waals surface area contributed by atoms with Gasteiger partial charge in [0, 0.05) is 17.6 Å². The second-order valence-corrected chi connectivity index (χ2v) is 5.13. The molecule has 1 atom stereocenters. The minimum atomic E-state index is -0.493. The van der Waals surface area contributed by atoms with Crippen LogP contribution in [0.1, 0.15) is 30.0 Å². The van der Waals surface area contributed by atoms with Gasteiger partial charge in [0.05, 0.1) is 6.10 Å². The number of hydrogen-bond acceptors (Lipinski definition) is 5. The third-order valence-corrected chi connectivity index (χ3v) is 3.20. The van der Waals surface area contributed by atoms with Gasteiger partial charge in [-0.1, -0.05) is 0 Å². The van der Waals surface area contributed by atoms with E-state index < -0.39 is 6.10 Å². The van der Waals surface area contributed by atoms with Crippen molar-refractivity contribution >= 4 is 11.8 Å². The Morgan fingerprint density at radius 1 is 1.17 bits per heavy atom. The number of aliphatic hydroxyl groups is 1. The van der Waals surface area contributed by atoms with Crippen molar-refractivity contribution in [3.05, 3.63) is 41.3 Å². The van der Waals surface area contributed by atoms with E-state index >= 15 is 0 Å². The molecule has 2 aromatic rings. The fourth-order valence-corrected chi connectivity index (χ4v) is 2.45. The van der Waals surface area contributed by atoms with Gasteiger partial charge >= 0.3 is 0 Å². The highest BCUT2D eigenvalue weighted by Crippen LogP contribution is 2.25. The van der Waals surface area contributed by atoms with Crippen LogP contribution in [0.4, 0.5) is 0 Å². The van der Waals surface area contributed by atoms with E-state index in [4.69, 9.17) is 0 Å². The molecule has 0 unspecified atom stereocenters. The van der Waals surface area contributed by atoms with Crippen LogP contribution >= 0.6 is 11.8 Å². The summed E-state index contributed by atoms with van der Waals surface area (Å²) in [6, 6.07) is 5.59. The minimum absolute atomic E-state index is 0.493. The zero-order valence-electron chi connectivity index (χ0n) is 10.6. The van der Waals surface area contributed by atoms with Crippen LogP contribution in [0.5, 0.6) is 0 Å². The summed E-state index contributed by atoms with van der Waals surface area (Å²) in [6.07, 6.45) is 1.19. The molecule has 2 heterocycles. The Hall–Kier alpha value is -1.46. The highest BCUT2D eigenvalue weighted by atomic mass is 32.2. The molecule has 0 bridgehead atoms. The number of rotatable bonds is 3. The molecule has 94 valence electrons. The number of aliphatic hydroxyl groups excluding tert-OH is 1. The van der Waals surface area contributed by atoms with E-state index in [1.807, 2.05) is 26.0 Å². The summed E-state index contributed by atoms with van der Waals surface area (Å²) in [4.78, 5) is 13.0. The quantitative estimate of drug-likeness (QED) is 0.861. The zero-order valence-corrected chi connectivity index (χ0v) is 11.4. The first-order chi connectivity index (χ1) is 8.54. The van der Waals surface area contributed by atoms with E-state index in [-0.39, 0.29) is 0 Å². The average molecular weight is 261 g/mol. The van der Waals surface area contributed by atoms with Crippen molar-refractivity contribution in [2.24, 2.45) is 0 Å². The maximum absolute atomic E-state index is 9.53. The monoisotopic (exact) mass is 261 g/mol. The molecule has 0 aliphatic heterocycles. The van der Waals surface area contributed by atoms with E-state index in [0.29, 0.717) is 5.16 Å². The van der Waals surface area contributed by atoms with Gasteiger partial charge in [-0.25, -0.2) is 15.0 Å². The molecule has 0 aliphatic rings. The van der Waals surface area contributed by atoms with Gasteiger partial charge in [0.1, 0.15) is 5.03 Å². The summed E-state index contributed by atoms with van der Waals surface area (Å²) in [5.74, 6) is 0. The molecule has 0 fully saturated rings. The van der Waals surface area contributed by atoms with Crippen molar-refractivity contribution < 1.29 is 5.11 Å². The lowest BCUT2D eigenvalue weighted by Gasteiger charge is -2.06. The molecule has 1 N–H and O–H groups in total. The van der Waals surface area contributed by atoms with Crippen LogP contribution in [0.2, 0.25) is 0 Å². The van der Waals surface area contributed by atoms with E-state index in [2.05, 4.69) is 15.0 Å². The molecule has 4 nitrogen and oxygen atoms in total. The normalized spacial score (nSPS) is 12.4. The highest BCUT2D eigenvalue weighted by molar-refractivity contribution is 7.99. The van der Waals surface area contributed by atoms with Crippen LogP contribution < -0.4 is 0 Å². The minimum Gasteiger partial charge on any atom is -0.389 e. The Bertz CT molecular complexity index is 537. The fourth-order valence-electron chi connectivity index (χ4n) is 1.57. The predicted octanol–water partition coefficient (Wildman–Crippen LogP) is 2.69. The molecule has 0 aromatic carbocycles. The lowest BCUT2D eigenvalue weighted by atomic mass is 10.2. The first-order valence-corrected chi connectivity index (χ1v) is 6.50. The lowest BCUT2D eigenvalue weighted by Crippen LogP contribution is -1.95. The Kier molecular flexibility index (Phi) is 3.93. The third-order valence-electron chi connectivity index (χ3n) is 2.40. The average Bonchev–Trinajstić information content (AvgIpc) is 2.27. The van der Waals surface area contributed by atoms with Gasteiger partial charge in [0.15, 0.2) is 5.16 Å². The summed E-state index contributed by atoms with van der Waals surface area (Å²) in [6.45, 7) is 5.62. The van der Waals surface area contributed by atoms with Crippen LogP contribution in [-0.2, 0) is 0 Å². The molecule has 0 aliphatic carbocycles. The largest absolute Gasteiger partial charge is 0.389 e. The molecular weight excluding hydrogens is 246 g/mol. The van der Waals surface area contributed by atoms with Gasteiger partial charge in [-0.15, -0.1) is 0 Å². The summed E-state index contributed by atoms with van der Waals surface area (Å²) in [5, 5.41) is 11.0. The Balaban J connectivity index is 2.25. The van der Waals surface area contributed by atoms with E-state index in [0.717, 1.165) is 22.0 Å². The topological polar surface area (TPSA) is 58.9 Å². The van der Waals surface area contributed by atoms with Gasteiger partial charge in [-0.3, -0.25) is 0 Å². The van der Waals surface area contributed by atoms with Gasteiger partial charge in [0.2, 0.25) is 0 Å². The van der Waals surface area contributed by atoms with Crippen molar-refractivity contribution in [2.75, 3.05) is 0 Å². The molecule has 0 radical (unpaired) electrons. The lowest BCUT2D eigenvalue weighted by molar-refractivity contribution is 0.199. The smallest absolute Gasteiger partial charge is 0.194 e. The van der Waals surface area contributed by atoms with Crippen molar-refractivity contribution in [1.29, 1.82) is 0 Å². The van der Waals surface area contributed by atoms with Crippen molar-refractivity contribution in [1.82, 2.24) is 15.0 Å². The maximum atomic E-state index is 9.53. The number of pyridine rings is 1. The Morgan fingerprint density at radius 3 is 2.44 bits per heavy atom. The molecule has 18 heavy (non-hydrogen) atoms. The van der Waals surface area contributed by atoms with E-state index in [1.54, 1.807) is 19.2 Å². The first kappa shape index (κ1) is 13.0. The SMILES string of the molecule is Cc1cc(C)nc(Sc2cc([C@H](C)O)ccn2)n1. The summed E-state index contributed by atoms with van der Waals surface area (Å²) in [5.41, 5.74) is 2.73. The Labute approximate surface area is 111 Å². The molecule has 0 amide bonds. The van der Waals surface area contributed by atoms with Gasteiger partial charge < -0.3 is 5.11 Å². The number of nitrogens with zero attached hydrogens (tertiary/aromatic N) is 3. The predicted molar refractivity (Wildman–Crippen MR) is 70.5 cm³/mol.